The summed E-state index contributed by atoms with van der Waals surface area (Å²) in [5.74, 6) is -0.734. The van der Waals surface area contributed by atoms with Gasteiger partial charge in [-0.05, 0) is 37.5 Å². The van der Waals surface area contributed by atoms with Gasteiger partial charge in [-0.3, -0.25) is 9.59 Å². The molecule has 8 heteroatoms. The molecule has 1 saturated carbocycles. The molecule has 1 saturated heterocycles. The third-order valence-electron chi connectivity index (χ3n) is 4.27. The van der Waals surface area contributed by atoms with Gasteiger partial charge in [-0.15, -0.1) is 0 Å². The molecule has 3 rings (SSSR count). The minimum atomic E-state index is -3.07. The molecule has 0 radical (unpaired) electrons. The fourth-order valence-corrected chi connectivity index (χ4v) is 4.60. The molecule has 6 nitrogen and oxygen atoms in total. The molecule has 1 aliphatic heterocycles. The van der Waals surface area contributed by atoms with Crippen molar-refractivity contribution in [3.63, 3.8) is 0 Å². The van der Waals surface area contributed by atoms with Crippen LogP contribution < -0.4 is 10.6 Å². The average molecular weight is 357 g/mol. The molecule has 1 atom stereocenters. The second kappa shape index (κ2) is 5.79. The quantitative estimate of drug-likeness (QED) is 0.797. The van der Waals surface area contributed by atoms with Gasteiger partial charge in [0.05, 0.1) is 11.5 Å². The Morgan fingerprint density at radius 1 is 1.22 bits per heavy atom. The third-order valence-corrected chi connectivity index (χ3v) is 6.27. The number of amides is 2. The second-order valence-electron chi connectivity index (χ2n) is 6.12. The van der Waals surface area contributed by atoms with Crippen LogP contribution in [0.15, 0.2) is 24.3 Å². The average Bonchev–Trinajstić information content (AvgIpc) is 3.20. The van der Waals surface area contributed by atoms with Crippen molar-refractivity contribution in [1.82, 2.24) is 5.32 Å². The molecule has 23 heavy (non-hydrogen) atoms. The van der Waals surface area contributed by atoms with E-state index in [1.54, 1.807) is 24.3 Å². The molecule has 0 spiro atoms. The lowest BCUT2D eigenvalue weighted by Gasteiger charge is -2.18. The zero-order valence-electron chi connectivity index (χ0n) is 12.3. The van der Waals surface area contributed by atoms with E-state index < -0.39 is 21.3 Å². The summed E-state index contributed by atoms with van der Waals surface area (Å²) in [5, 5.41) is 5.91. The number of rotatable bonds is 4. The van der Waals surface area contributed by atoms with Gasteiger partial charge in [0, 0.05) is 16.8 Å². The van der Waals surface area contributed by atoms with Crippen LogP contribution in [0.3, 0.4) is 0 Å². The lowest BCUT2D eigenvalue weighted by atomic mass is 10.0. The normalized spacial score (nSPS) is 24.0. The summed E-state index contributed by atoms with van der Waals surface area (Å²) in [6.07, 6.45) is 1.33. The maximum Gasteiger partial charge on any atom is 0.240 e. The highest BCUT2D eigenvalue weighted by Crippen LogP contribution is 2.47. The maximum absolute atomic E-state index is 12.4. The Morgan fingerprint density at radius 2 is 1.96 bits per heavy atom. The van der Waals surface area contributed by atoms with E-state index in [0.717, 1.165) is 0 Å². The van der Waals surface area contributed by atoms with E-state index in [4.69, 9.17) is 11.6 Å². The highest BCUT2D eigenvalue weighted by atomic mass is 35.5. The summed E-state index contributed by atoms with van der Waals surface area (Å²) in [5.41, 5.74) is -0.556. The Bertz CT molecular complexity index is 758. The molecule has 2 N–H and O–H groups in total. The first-order chi connectivity index (χ1) is 10.8. The Kier molecular flexibility index (Phi) is 4.10. The van der Waals surface area contributed by atoms with Gasteiger partial charge < -0.3 is 10.6 Å². The predicted octanol–water partition coefficient (Wildman–Crippen LogP) is 1.36. The van der Waals surface area contributed by atoms with Gasteiger partial charge in [-0.25, -0.2) is 8.42 Å². The van der Waals surface area contributed by atoms with E-state index >= 15 is 0 Å². The molecule has 1 aromatic rings. The van der Waals surface area contributed by atoms with Crippen LogP contribution in [0.2, 0.25) is 5.02 Å². The third kappa shape index (κ3) is 3.50. The van der Waals surface area contributed by atoms with Crippen molar-refractivity contribution in [2.24, 2.45) is 5.41 Å². The van der Waals surface area contributed by atoms with Crippen LogP contribution in [0.5, 0.6) is 0 Å². The van der Waals surface area contributed by atoms with Crippen LogP contribution in [-0.4, -0.2) is 37.8 Å². The molecule has 124 valence electrons. The summed E-state index contributed by atoms with van der Waals surface area (Å²) in [4.78, 5) is 24.8. The summed E-state index contributed by atoms with van der Waals surface area (Å²) in [7, 11) is -3.07. The molecule has 0 aromatic heterocycles. The molecule has 1 heterocycles. The molecule has 1 aromatic carbocycles. The van der Waals surface area contributed by atoms with Gasteiger partial charge in [-0.2, -0.15) is 0 Å². The van der Waals surface area contributed by atoms with Crippen molar-refractivity contribution in [3.05, 3.63) is 29.3 Å². The van der Waals surface area contributed by atoms with Crippen LogP contribution in [0.25, 0.3) is 0 Å². The monoisotopic (exact) mass is 356 g/mol. The van der Waals surface area contributed by atoms with Crippen LogP contribution in [-0.2, 0) is 19.4 Å². The SMILES string of the molecule is O=C(Nc1cccc(Cl)c1)C1(C(=O)NC2CCS(=O)(=O)C2)CC1. The van der Waals surface area contributed by atoms with Gasteiger partial charge in [0.15, 0.2) is 9.84 Å². The second-order valence-corrected chi connectivity index (χ2v) is 8.79. The number of anilines is 1. The van der Waals surface area contributed by atoms with E-state index in [9.17, 15) is 18.0 Å². The van der Waals surface area contributed by atoms with E-state index in [1.807, 2.05) is 0 Å². The summed E-state index contributed by atoms with van der Waals surface area (Å²) in [6, 6.07) is 6.31. The lowest BCUT2D eigenvalue weighted by Crippen LogP contribution is -2.45. The Morgan fingerprint density at radius 3 is 2.52 bits per heavy atom. The number of sulfone groups is 1. The van der Waals surface area contributed by atoms with E-state index in [-0.39, 0.29) is 23.3 Å². The number of halogens is 1. The highest BCUT2D eigenvalue weighted by molar-refractivity contribution is 7.91. The Balaban J connectivity index is 1.64. The fourth-order valence-electron chi connectivity index (χ4n) is 2.73. The topological polar surface area (TPSA) is 92.3 Å². The van der Waals surface area contributed by atoms with Crippen LogP contribution in [0, 0.1) is 5.41 Å². The number of carbonyl (C=O) groups excluding carboxylic acids is 2. The largest absolute Gasteiger partial charge is 0.351 e. The molecule has 2 amide bonds. The van der Waals surface area contributed by atoms with Crippen molar-refractivity contribution in [2.45, 2.75) is 25.3 Å². The van der Waals surface area contributed by atoms with Gasteiger partial charge in [-0.1, -0.05) is 17.7 Å². The van der Waals surface area contributed by atoms with Gasteiger partial charge in [0.1, 0.15) is 5.41 Å². The summed E-state index contributed by atoms with van der Waals surface area (Å²) < 4.78 is 22.9. The molecule has 0 bridgehead atoms. The number of hydrogen-bond acceptors (Lipinski definition) is 4. The van der Waals surface area contributed by atoms with Crippen molar-refractivity contribution in [2.75, 3.05) is 16.8 Å². The minimum absolute atomic E-state index is 0.0509. The van der Waals surface area contributed by atoms with Gasteiger partial charge >= 0.3 is 0 Å². The molecule has 1 aliphatic carbocycles. The zero-order valence-corrected chi connectivity index (χ0v) is 13.9. The van der Waals surface area contributed by atoms with Crippen molar-refractivity contribution >= 4 is 38.9 Å². The van der Waals surface area contributed by atoms with Gasteiger partial charge in [0.25, 0.3) is 0 Å². The molecule has 1 unspecified atom stereocenters. The summed E-state index contributed by atoms with van der Waals surface area (Å²) >= 11 is 5.87. The maximum atomic E-state index is 12.4. The Hall–Kier alpha value is -1.60. The molecular weight excluding hydrogens is 340 g/mol. The van der Waals surface area contributed by atoms with E-state index in [2.05, 4.69) is 10.6 Å². The fraction of sp³-hybridized carbons (Fsp3) is 0.467. The van der Waals surface area contributed by atoms with E-state index in [0.29, 0.717) is 30.0 Å². The van der Waals surface area contributed by atoms with Crippen molar-refractivity contribution in [3.8, 4) is 0 Å². The first-order valence-electron chi connectivity index (χ1n) is 7.39. The predicted molar refractivity (Wildman–Crippen MR) is 87.0 cm³/mol. The minimum Gasteiger partial charge on any atom is -0.351 e. The number of hydrogen-bond donors (Lipinski definition) is 2. The van der Waals surface area contributed by atoms with Crippen molar-refractivity contribution in [1.29, 1.82) is 0 Å². The molecule has 2 aliphatic rings. The first kappa shape index (κ1) is 16.3. The number of benzene rings is 1. The van der Waals surface area contributed by atoms with E-state index in [1.165, 1.54) is 0 Å². The molecular formula is C15H17ClN2O4S. The molecule has 2 fully saturated rings. The number of carbonyl (C=O) groups is 2. The number of nitrogens with one attached hydrogen (secondary N) is 2. The standard InChI is InChI=1S/C15H17ClN2O4S/c16-10-2-1-3-11(8-10)17-13(19)15(5-6-15)14(20)18-12-4-7-23(21,22)9-12/h1-3,8,12H,4-7,9H2,(H,17,19)(H,18,20). The van der Waals surface area contributed by atoms with Crippen LogP contribution in [0.1, 0.15) is 19.3 Å². The lowest BCUT2D eigenvalue weighted by molar-refractivity contribution is -0.134. The zero-order chi connectivity index (χ0) is 16.7. The smallest absolute Gasteiger partial charge is 0.240 e. The summed E-state index contributed by atoms with van der Waals surface area (Å²) in [6.45, 7) is 0. The van der Waals surface area contributed by atoms with Crippen molar-refractivity contribution < 1.29 is 18.0 Å². The van der Waals surface area contributed by atoms with Crippen LogP contribution in [0.4, 0.5) is 5.69 Å². The Labute approximate surface area is 139 Å². The first-order valence-corrected chi connectivity index (χ1v) is 9.59. The van der Waals surface area contributed by atoms with Crippen LogP contribution >= 0.6 is 11.6 Å². The van der Waals surface area contributed by atoms with Gasteiger partial charge in [0.2, 0.25) is 11.8 Å². The highest BCUT2D eigenvalue weighted by Gasteiger charge is 2.57.